The van der Waals surface area contributed by atoms with Gasteiger partial charge in [0.05, 0.1) is 5.69 Å². The molecule has 0 atom stereocenters. The molecule has 0 radical (unpaired) electrons. The third-order valence-corrected chi connectivity index (χ3v) is 4.53. The van der Waals surface area contributed by atoms with Crippen LogP contribution in [0, 0.1) is 12.7 Å². The average molecular weight is 370 g/mol. The maximum absolute atomic E-state index is 13.2. The number of nitrogens with zero attached hydrogens (tertiary/aromatic N) is 1. The van der Waals surface area contributed by atoms with E-state index in [0.29, 0.717) is 22.7 Å². The van der Waals surface area contributed by atoms with E-state index in [1.165, 1.54) is 23.1 Å². The largest absolute Gasteiger partial charge is 0.482 e. The smallest absolute Gasteiger partial charge is 0.265 e. The van der Waals surface area contributed by atoms with E-state index in [4.69, 9.17) is 4.74 Å². The molecule has 2 aromatic rings. The van der Waals surface area contributed by atoms with Gasteiger partial charge < -0.3 is 10.1 Å². The summed E-state index contributed by atoms with van der Waals surface area (Å²) in [6.07, 6.45) is 0. The van der Waals surface area contributed by atoms with Crippen molar-refractivity contribution in [1.29, 1.82) is 0 Å². The number of nitrogens with one attached hydrogen (secondary N) is 1. The Balaban J connectivity index is 1.80. The molecule has 0 saturated heterocycles. The first-order chi connectivity index (χ1) is 12.6. The zero-order chi connectivity index (χ0) is 19.8. The lowest BCUT2D eigenvalue weighted by Gasteiger charge is -2.30. The van der Waals surface area contributed by atoms with Gasteiger partial charge in [-0.1, -0.05) is 26.8 Å². The molecule has 0 bridgehead atoms. The van der Waals surface area contributed by atoms with Crippen LogP contribution in [-0.2, 0) is 15.0 Å². The van der Waals surface area contributed by atoms with Crippen molar-refractivity contribution in [3.8, 4) is 5.75 Å². The van der Waals surface area contributed by atoms with Gasteiger partial charge in [-0.25, -0.2) is 4.39 Å². The number of fused-ring (bicyclic) bond motifs is 1. The van der Waals surface area contributed by atoms with Gasteiger partial charge in [0.1, 0.15) is 18.1 Å². The minimum atomic E-state index is -0.363. The molecular formula is C21H23FN2O3. The molecule has 2 aromatic carbocycles. The van der Waals surface area contributed by atoms with E-state index in [1.807, 2.05) is 18.2 Å². The quantitative estimate of drug-likeness (QED) is 0.894. The summed E-state index contributed by atoms with van der Waals surface area (Å²) in [6, 6.07) is 9.80. The minimum Gasteiger partial charge on any atom is -0.482 e. The van der Waals surface area contributed by atoms with E-state index in [1.54, 1.807) is 6.92 Å². The molecule has 0 aliphatic carbocycles. The fraction of sp³-hybridized carbons (Fsp3) is 0.333. The van der Waals surface area contributed by atoms with Gasteiger partial charge in [-0.3, -0.25) is 14.5 Å². The van der Waals surface area contributed by atoms with Gasteiger partial charge in [0.25, 0.3) is 5.91 Å². The van der Waals surface area contributed by atoms with Crippen molar-refractivity contribution in [3.05, 3.63) is 53.3 Å². The zero-order valence-corrected chi connectivity index (χ0v) is 15.9. The van der Waals surface area contributed by atoms with Crippen molar-refractivity contribution in [3.63, 3.8) is 0 Å². The number of carbonyl (C=O) groups excluding carboxylic acids is 2. The Labute approximate surface area is 158 Å². The first-order valence-corrected chi connectivity index (χ1v) is 8.79. The number of ether oxygens (including phenoxy) is 1. The van der Waals surface area contributed by atoms with Crippen LogP contribution in [0.3, 0.4) is 0 Å². The molecule has 5 nitrogen and oxygen atoms in total. The Hall–Kier alpha value is -2.89. The fourth-order valence-electron chi connectivity index (χ4n) is 2.95. The highest BCUT2D eigenvalue weighted by Crippen LogP contribution is 2.36. The molecule has 142 valence electrons. The number of amides is 2. The summed E-state index contributed by atoms with van der Waals surface area (Å²) in [5.41, 5.74) is 2.74. The second-order valence-corrected chi connectivity index (χ2v) is 7.71. The number of rotatable bonds is 3. The van der Waals surface area contributed by atoms with Crippen LogP contribution in [0.25, 0.3) is 0 Å². The van der Waals surface area contributed by atoms with E-state index >= 15 is 0 Å². The number of hydrogen-bond acceptors (Lipinski definition) is 3. The molecule has 27 heavy (non-hydrogen) atoms. The van der Waals surface area contributed by atoms with E-state index in [-0.39, 0.29) is 36.2 Å². The van der Waals surface area contributed by atoms with E-state index < -0.39 is 0 Å². The summed E-state index contributed by atoms with van der Waals surface area (Å²) in [4.78, 5) is 26.2. The lowest BCUT2D eigenvalue weighted by Crippen LogP contribution is -2.43. The van der Waals surface area contributed by atoms with Crippen molar-refractivity contribution in [2.45, 2.75) is 33.1 Å². The first kappa shape index (κ1) is 18.9. The van der Waals surface area contributed by atoms with Crippen LogP contribution in [0.4, 0.5) is 15.8 Å². The van der Waals surface area contributed by atoms with Crippen LogP contribution in [0.2, 0.25) is 0 Å². The van der Waals surface area contributed by atoms with Crippen LogP contribution in [0.1, 0.15) is 31.9 Å². The Bertz CT molecular complexity index is 903. The molecule has 0 spiro atoms. The molecule has 1 N–H and O–H groups in total. The van der Waals surface area contributed by atoms with Crippen LogP contribution in [-0.4, -0.2) is 25.0 Å². The predicted molar refractivity (Wildman–Crippen MR) is 103 cm³/mol. The number of halogens is 1. The van der Waals surface area contributed by atoms with Crippen LogP contribution < -0.4 is 15.0 Å². The molecule has 0 aromatic heterocycles. The Morgan fingerprint density at radius 1 is 1.22 bits per heavy atom. The molecule has 1 aliphatic rings. The number of carbonyl (C=O) groups is 2. The van der Waals surface area contributed by atoms with Gasteiger partial charge >= 0.3 is 0 Å². The van der Waals surface area contributed by atoms with Crippen LogP contribution >= 0.6 is 0 Å². The maximum Gasteiger partial charge on any atom is 0.265 e. The predicted octanol–water partition coefficient (Wildman–Crippen LogP) is 3.80. The van der Waals surface area contributed by atoms with Crippen LogP contribution in [0.15, 0.2) is 36.4 Å². The van der Waals surface area contributed by atoms with E-state index in [0.717, 1.165) is 5.56 Å². The number of aryl methyl sites for hydroxylation is 1. The molecule has 0 saturated carbocycles. The maximum atomic E-state index is 13.2. The monoisotopic (exact) mass is 370 g/mol. The normalized spacial score (nSPS) is 13.8. The molecule has 1 heterocycles. The average Bonchev–Trinajstić information content (AvgIpc) is 2.59. The zero-order valence-electron chi connectivity index (χ0n) is 15.9. The minimum absolute atomic E-state index is 0.0534. The Morgan fingerprint density at radius 2 is 1.96 bits per heavy atom. The number of anilines is 2. The molecule has 6 heteroatoms. The second kappa shape index (κ2) is 7.02. The highest BCUT2D eigenvalue weighted by molar-refractivity contribution is 6.05. The summed E-state index contributed by atoms with van der Waals surface area (Å²) in [5.74, 6) is -0.409. The summed E-state index contributed by atoms with van der Waals surface area (Å²) < 4.78 is 18.8. The lowest BCUT2D eigenvalue weighted by molar-refractivity contribution is -0.123. The van der Waals surface area contributed by atoms with Crippen molar-refractivity contribution in [2.24, 2.45) is 0 Å². The summed E-state index contributed by atoms with van der Waals surface area (Å²) >= 11 is 0. The first-order valence-electron chi connectivity index (χ1n) is 8.79. The van der Waals surface area contributed by atoms with E-state index in [9.17, 15) is 14.0 Å². The van der Waals surface area contributed by atoms with Gasteiger partial charge in [0.15, 0.2) is 6.61 Å². The summed E-state index contributed by atoms with van der Waals surface area (Å²) in [5, 5.41) is 2.73. The number of hydrogen-bond donors (Lipinski definition) is 1. The van der Waals surface area contributed by atoms with Crippen LogP contribution in [0.5, 0.6) is 5.75 Å². The van der Waals surface area contributed by atoms with Crippen molar-refractivity contribution < 1.29 is 18.7 Å². The Morgan fingerprint density at radius 3 is 2.63 bits per heavy atom. The van der Waals surface area contributed by atoms with Crippen molar-refractivity contribution in [1.82, 2.24) is 0 Å². The molecule has 0 unspecified atom stereocenters. The second-order valence-electron chi connectivity index (χ2n) is 7.71. The SMILES string of the molecule is Cc1cc(F)ccc1NC(=O)CN1C(=O)COc2cc(C(C)(C)C)ccc21. The third kappa shape index (κ3) is 4.10. The Kier molecular flexibility index (Phi) is 4.91. The van der Waals surface area contributed by atoms with Gasteiger partial charge in [-0.2, -0.15) is 0 Å². The molecule has 1 aliphatic heterocycles. The standard InChI is InChI=1S/C21H23FN2O3/c1-13-9-15(22)6-7-16(13)23-19(25)11-24-17-8-5-14(21(2,3)4)10-18(17)27-12-20(24)26/h5-10H,11-12H2,1-4H3,(H,23,25). The topological polar surface area (TPSA) is 58.6 Å². The fourth-order valence-corrected chi connectivity index (χ4v) is 2.95. The van der Waals surface area contributed by atoms with Gasteiger partial charge in [0, 0.05) is 5.69 Å². The van der Waals surface area contributed by atoms with Gasteiger partial charge in [-0.05, 0) is 53.8 Å². The van der Waals surface area contributed by atoms with Crippen molar-refractivity contribution in [2.75, 3.05) is 23.4 Å². The van der Waals surface area contributed by atoms with E-state index in [2.05, 4.69) is 26.1 Å². The third-order valence-electron chi connectivity index (χ3n) is 4.53. The summed E-state index contributed by atoms with van der Waals surface area (Å²) in [6.45, 7) is 7.75. The lowest BCUT2D eigenvalue weighted by atomic mass is 9.86. The molecule has 2 amide bonds. The molecular weight excluding hydrogens is 347 g/mol. The van der Waals surface area contributed by atoms with Gasteiger partial charge in [-0.15, -0.1) is 0 Å². The van der Waals surface area contributed by atoms with Gasteiger partial charge in [0.2, 0.25) is 5.91 Å². The van der Waals surface area contributed by atoms with Crippen molar-refractivity contribution >= 4 is 23.2 Å². The molecule has 0 fully saturated rings. The highest BCUT2D eigenvalue weighted by Gasteiger charge is 2.28. The summed E-state index contributed by atoms with van der Waals surface area (Å²) in [7, 11) is 0. The molecule has 3 rings (SSSR count). The highest BCUT2D eigenvalue weighted by atomic mass is 19.1. The number of benzene rings is 2.